The minimum Gasteiger partial charge on any atom is -0.478 e. The summed E-state index contributed by atoms with van der Waals surface area (Å²) in [5.74, 6) is 0.397. The summed E-state index contributed by atoms with van der Waals surface area (Å²) in [4.78, 5) is 4.04. The van der Waals surface area contributed by atoms with Crippen LogP contribution in [0.15, 0.2) is 6.07 Å². The summed E-state index contributed by atoms with van der Waals surface area (Å²) in [7, 11) is 0. The van der Waals surface area contributed by atoms with Gasteiger partial charge in [0.15, 0.2) is 0 Å². The predicted octanol–water partition coefficient (Wildman–Crippen LogP) is 2.38. The van der Waals surface area contributed by atoms with Gasteiger partial charge in [-0.2, -0.15) is 0 Å². The van der Waals surface area contributed by atoms with Gasteiger partial charge in [-0.25, -0.2) is 4.98 Å². The molecule has 89 valence electrons. The fraction of sp³-hybridized carbons (Fsp3) is 0.583. The normalized spacial score (nSPS) is 11.6. The lowest BCUT2D eigenvalue weighted by atomic mass is 10.1. The van der Waals surface area contributed by atoms with Crippen LogP contribution in [-0.4, -0.2) is 22.3 Å². The fourth-order valence-electron chi connectivity index (χ4n) is 1.26. The highest BCUT2D eigenvalue weighted by molar-refractivity contribution is 5.37. The molecule has 0 aliphatic carbocycles. The summed E-state index contributed by atoms with van der Waals surface area (Å²) in [5, 5.41) is 20.9. The zero-order chi connectivity index (χ0) is 12.3. The molecular weight excluding hydrogens is 206 g/mol. The molecule has 4 nitrogen and oxygen atoms in total. The molecule has 1 radical (unpaired) electrons. The number of aliphatic hydroxyl groups is 1. The Kier molecular flexibility index (Phi) is 3.75. The van der Waals surface area contributed by atoms with Crippen LogP contribution in [0.3, 0.4) is 0 Å². The van der Waals surface area contributed by atoms with Gasteiger partial charge in [-0.1, -0.05) is 0 Å². The van der Waals surface area contributed by atoms with E-state index in [4.69, 9.17) is 4.74 Å². The van der Waals surface area contributed by atoms with Gasteiger partial charge >= 0.3 is 0 Å². The van der Waals surface area contributed by atoms with Gasteiger partial charge in [-0.05, 0) is 27.7 Å². The van der Waals surface area contributed by atoms with Gasteiger partial charge in [0.2, 0.25) is 11.6 Å². The largest absolute Gasteiger partial charge is 0.478 e. The number of rotatable bonds is 4. The van der Waals surface area contributed by atoms with E-state index in [0.717, 1.165) is 0 Å². The van der Waals surface area contributed by atoms with Crippen LogP contribution in [0.4, 0.5) is 0 Å². The van der Waals surface area contributed by atoms with Crippen molar-refractivity contribution in [1.82, 2.24) is 4.98 Å². The van der Waals surface area contributed by atoms with Crippen LogP contribution in [0.2, 0.25) is 0 Å². The first-order valence-electron chi connectivity index (χ1n) is 5.30. The van der Waals surface area contributed by atoms with Crippen molar-refractivity contribution in [2.24, 2.45) is 0 Å². The molecule has 0 saturated carbocycles. The number of ether oxygens (including phenoxy) is 1. The second kappa shape index (κ2) is 4.70. The molecule has 1 heterocycles. The summed E-state index contributed by atoms with van der Waals surface area (Å²) in [6, 6.07) is 1.62. The van der Waals surface area contributed by atoms with Crippen molar-refractivity contribution in [1.29, 1.82) is 0 Å². The lowest BCUT2D eigenvalue weighted by Crippen LogP contribution is -2.22. The van der Waals surface area contributed by atoms with Crippen molar-refractivity contribution >= 4 is 0 Å². The Morgan fingerprint density at radius 3 is 2.56 bits per heavy atom. The van der Waals surface area contributed by atoms with Crippen LogP contribution in [0, 0.1) is 13.8 Å². The van der Waals surface area contributed by atoms with Crippen molar-refractivity contribution in [3.8, 4) is 11.6 Å². The molecule has 16 heavy (non-hydrogen) atoms. The van der Waals surface area contributed by atoms with Crippen molar-refractivity contribution in [2.45, 2.75) is 39.7 Å². The number of aryl methyl sites for hydroxylation is 2. The fourth-order valence-corrected chi connectivity index (χ4v) is 1.26. The molecule has 0 unspecified atom stereocenters. The van der Waals surface area contributed by atoms with E-state index >= 15 is 0 Å². The lowest BCUT2D eigenvalue weighted by Gasteiger charge is -2.16. The van der Waals surface area contributed by atoms with Crippen molar-refractivity contribution in [3.63, 3.8) is 0 Å². The first-order chi connectivity index (χ1) is 7.29. The molecule has 0 saturated heterocycles. The number of aromatic nitrogens is 1. The molecule has 0 atom stereocenters. The first-order valence-corrected chi connectivity index (χ1v) is 5.30. The zero-order valence-corrected chi connectivity index (χ0v) is 10.2. The Bertz CT molecular complexity index is 346. The number of hydrogen-bond donors (Lipinski definition) is 1. The van der Waals surface area contributed by atoms with E-state index < -0.39 is 5.60 Å². The Hall–Kier alpha value is -1.29. The molecule has 0 fully saturated rings. The van der Waals surface area contributed by atoms with Crippen LogP contribution in [0.25, 0.3) is 0 Å². The summed E-state index contributed by atoms with van der Waals surface area (Å²) < 4.78 is 5.39. The second-order valence-electron chi connectivity index (χ2n) is 4.60. The van der Waals surface area contributed by atoms with Crippen molar-refractivity contribution in [3.05, 3.63) is 17.3 Å². The van der Waals surface area contributed by atoms with Gasteiger partial charge in [-0.3, -0.25) is 5.11 Å². The highest BCUT2D eigenvalue weighted by atomic mass is 16.5. The van der Waals surface area contributed by atoms with Crippen molar-refractivity contribution < 1.29 is 14.9 Å². The summed E-state index contributed by atoms with van der Waals surface area (Å²) >= 11 is 0. The molecule has 0 spiro atoms. The molecule has 1 rings (SSSR count). The molecule has 0 bridgehead atoms. The topological polar surface area (TPSA) is 62.2 Å². The van der Waals surface area contributed by atoms with Gasteiger partial charge in [0.05, 0.1) is 17.9 Å². The molecule has 0 aliphatic rings. The minimum atomic E-state index is -0.747. The zero-order valence-electron chi connectivity index (χ0n) is 10.2. The van der Waals surface area contributed by atoms with Crippen LogP contribution in [-0.2, 0) is 5.11 Å². The molecule has 1 aromatic heterocycles. The lowest BCUT2D eigenvalue weighted by molar-refractivity contribution is 0.0546. The summed E-state index contributed by atoms with van der Waals surface area (Å²) in [5.41, 5.74) is 0.326. The quantitative estimate of drug-likeness (QED) is 0.854. The second-order valence-corrected chi connectivity index (χ2v) is 4.60. The molecule has 4 heteroatoms. The molecule has 1 aromatic rings. The van der Waals surface area contributed by atoms with E-state index in [1.165, 1.54) is 0 Å². The SMILES string of the molecule is Cc1cc(OCCC(C)(C)O)nc(C)c1[O]. The van der Waals surface area contributed by atoms with Gasteiger partial charge in [0.1, 0.15) is 0 Å². The average Bonchev–Trinajstić information content (AvgIpc) is 2.12. The molecule has 1 N–H and O–H groups in total. The Labute approximate surface area is 95.9 Å². The smallest absolute Gasteiger partial charge is 0.213 e. The van der Waals surface area contributed by atoms with Gasteiger partial charge in [0.25, 0.3) is 0 Å². The van der Waals surface area contributed by atoms with E-state index in [0.29, 0.717) is 30.2 Å². The average molecular weight is 224 g/mol. The summed E-state index contributed by atoms with van der Waals surface area (Å²) in [6.45, 7) is 7.23. The Morgan fingerprint density at radius 1 is 1.44 bits per heavy atom. The van der Waals surface area contributed by atoms with Gasteiger partial charge in [-0.15, -0.1) is 0 Å². The van der Waals surface area contributed by atoms with Gasteiger partial charge < -0.3 is 9.84 Å². The Balaban J connectivity index is 2.62. The van der Waals surface area contributed by atoms with Crippen molar-refractivity contribution in [2.75, 3.05) is 6.61 Å². The molecular formula is C12H18NO3. The standard InChI is InChI=1S/C12H18NO3/c1-8-7-10(13-9(2)11(8)14)16-6-5-12(3,4)15/h7,15H,5-6H2,1-4H3. The van der Waals surface area contributed by atoms with E-state index in [9.17, 15) is 10.2 Å². The van der Waals surface area contributed by atoms with Crippen LogP contribution < -0.4 is 4.74 Å². The molecule has 0 aromatic carbocycles. The molecule has 0 amide bonds. The predicted molar refractivity (Wildman–Crippen MR) is 60.3 cm³/mol. The van der Waals surface area contributed by atoms with Crippen LogP contribution in [0.1, 0.15) is 31.5 Å². The molecule has 0 aliphatic heterocycles. The van der Waals surface area contributed by atoms with E-state index in [1.807, 2.05) is 0 Å². The third kappa shape index (κ3) is 3.70. The maximum absolute atomic E-state index is 11.4. The number of pyridine rings is 1. The third-order valence-corrected chi connectivity index (χ3v) is 2.27. The Morgan fingerprint density at radius 2 is 2.06 bits per heavy atom. The maximum atomic E-state index is 11.4. The van der Waals surface area contributed by atoms with E-state index in [2.05, 4.69) is 4.98 Å². The van der Waals surface area contributed by atoms with E-state index in [-0.39, 0.29) is 5.75 Å². The minimum absolute atomic E-state index is 0.0464. The highest BCUT2D eigenvalue weighted by Crippen LogP contribution is 2.24. The summed E-state index contributed by atoms with van der Waals surface area (Å²) in [6.07, 6.45) is 0.520. The maximum Gasteiger partial charge on any atom is 0.213 e. The van der Waals surface area contributed by atoms with Gasteiger partial charge in [0, 0.05) is 18.1 Å². The van der Waals surface area contributed by atoms with Crippen LogP contribution in [0.5, 0.6) is 11.6 Å². The monoisotopic (exact) mass is 224 g/mol. The first kappa shape index (κ1) is 12.8. The third-order valence-electron chi connectivity index (χ3n) is 2.27. The van der Waals surface area contributed by atoms with Crippen LogP contribution >= 0.6 is 0 Å². The highest BCUT2D eigenvalue weighted by Gasteiger charge is 2.13. The van der Waals surface area contributed by atoms with E-state index in [1.54, 1.807) is 33.8 Å². The number of hydrogen-bond acceptors (Lipinski definition) is 3. The number of nitrogens with zero attached hydrogens (tertiary/aromatic N) is 1.